The summed E-state index contributed by atoms with van der Waals surface area (Å²) in [6.45, 7) is 3.37. The van der Waals surface area contributed by atoms with E-state index < -0.39 is 41.6 Å². The largest absolute Gasteiger partial charge is 0.449 e. The van der Waals surface area contributed by atoms with Gasteiger partial charge in [-0.25, -0.2) is 14.7 Å². The standard InChI is InChI=1S/C19H26N6O5/c1-3-12-14(30-15(27)10-6-4-9(2)5-7-10)19(28,29)18-13(23-16(20)24-18)11(8-26)22-17(21)25(12)18/h4-7,11-14,26,28-29H,3,8H2,1-2H3,(H5,20,21,22,23,24)/p+2/t11-,12-,13-,14-,18-/m0/s1. The summed E-state index contributed by atoms with van der Waals surface area (Å²) in [6.07, 6.45) is -0.964. The fraction of sp³-hybridized carbons (Fsp3) is 0.526. The van der Waals surface area contributed by atoms with Crippen molar-refractivity contribution in [2.24, 2.45) is 11.5 Å². The SMILES string of the molecule is CC[C@H]1[C@H](OC(=O)c2ccc(C)cc2)C(O)(O)[C@]23NC(N)=[NH+][C@H]2[C@H](CO)NC(N)=[N+]13. The first-order valence-corrected chi connectivity index (χ1v) is 9.86. The van der Waals surface area contributed by atoms with Gasteiger partial charge in [-0.1, -0.05) is 24.6 Å². The minimum atomic E-state index is -2.59. The van der Waals surface area contributed by atoms with E-state index in [0.717, 1.165) is 5.56 Å². The lowest BCUT2D eigenvalue weighted by Crippen LogP contribution is -2.92. The molecule has 0 saturated carbocycles. The summed E-state index contributed by atoms with van der Waals surface area (Å²) in [5, 5.41) is 38.5. The molecule has 1 aromatic carbocycles. The number of aryl methyl sites for hydroxylation is 1. The number of rotatable bonds is 4. The van der Waals surface area contributed by atoms with E-state index in [1.54, 1.807) is 28.8 Å². The zero-order valence-corrected chi connectivity index (χ0v) is 16.8. The average molecular weight is 420 g/mol. The van der Waals surface area contributed by atoms with Crippen molar-refractivity contribution in [1.29, 1.82) is 0 Å². The summed E-state index contributed by atoms with van der Waals surface area (Å²) in [5.74, 6) is -3.07. The Hall–Kier alpha value is -2.89. The fourth-order valence-electron chi connectivity index (χ4n) is 4.87. The molecule has 10 N–H and O–H groups in total. The maximum Gasteiger partial charge on any atom is 0.347 e. The van der Waals surface area contributed by atoms with E-state index >= 15 is 0 Å². The molecule has 0 bridgehead atoms. The van der Waals surface area contributed by atoms with Crippen LogP contribution in [0, 0.1) is 6.92 Å². The maximum absolute atomic E-state index is 12.8. The Labute approximate surface area is 173 Å². The molecule has 0 amide bonds. The normalized spacial score (nSPS) is 33.8. The van der Waals surface area contributed by atoms with Crippen molar-refractivity contribution >= 4 is 17.9 Å². The highest BCUT2D eigenvalue weighted by atomic mass is 16.6. The fourth-order valence-corrected chi connectivity index (χ4v) is 4.87. The number of guanidine groups is 2. The molecule has 30 heavy (non-hydrogen) atoms. The van der Waals surface area contributed by atoms with Gasteiger partial charge in [0, 0.05) is 0 Å². The highest BCUT2D eigenvalue weighted by molar-refractivity contribution is 5.89. The van der Waals surface area contributed by atoms with E-state index in [2.05, 4.69) is 15.6 Å². The monoisotopic (exact) mass is 420 g/mol. The van der Waals surface area contributed by atoms with Crippen molar-refractivity contribution in [1.82, 2.24) is 10.6 Å². The number of nitrogens with one attached hydrogen (secondary N) is 3. The average Bonchev–Trinajstić information content (AvgIpc) is 3.15. The van der Waals surface area contributed by atoms with E-state index in [4.69, 9.17) is 16.2 Å². The van der Waals surface area contributed by atoms with Gasteiger partial charge in [0.1, 0.15) is 12.1 Å². The minimum absolute atomic E-state index is 0.0905. The second-order valence-electron chi connectivity index (χ2n) is 8.01. The molecule has 11 nitrogen and oxygen atoms in total. The number of aliphatic hydroxyl groups excluding tert-OH is 1. The molecule has 5 atom stereocenters. The molecule has 3 aliphatic heterocycles. The van der Waals surface area contributed by atoms with Gasteiger partial charge in [-0.2, -0.15) is 0 Å². The van der Waals surface area contributed by atoms with Crippen molar-refractivity contribution in [2.75, 3.05) is 6.61 Å². The second-order valence-corrected chi connectivity index (χ2v) is 8.01. The van der Waals surface area contributed by atoms with Crippen LogP contribution in [0.15, 0.2) is 24.3 Å². The summed E-state index contributed by atoms with van der Waals surface area (Å²) in [5.41, 5.74) is 11.8. The van der Waals surface area contributed by atoms with Gasteiger partial charge in [0.15, 0.2) is 12.1 Å². The van der Waals surface area contributed by atoms with Crippen molar-refractivity contribution in [3.63, 3.8) is 0 Å². The molecule has 0 radical (unpaired) electrons. The number of benzene rings is 1. The van der Waals surface area contributed by atoms with Crippen LogP contribution in [0.4, 0.5) is 0 Å². The number of carbonyl (C=O) groups excluding carboxylic acids is 1. The molecule has 11 heteroatoms. The smallest absolute Gasteiger partial charge is 0.347 e. The number of nitrogens with zero attached hydrogens (tertiary/aromatic N) is 1. The minimum Gasteiger partial charge on any atom is -0.449 e. The van der Waals surface area contributed by atoms with Gasteiger partial charge in [-0.05, 0) is 25.5 Å². The third-order valence-corrected chi connectivity index (χ3v) is 6.24. The quantitative estimate of drug-likeness (QED) is 0.135. The van der Waals surface area contributed by atoms with Crippen molar-refractivity contribution in [3.05, 3.63) is 35.4 Å². The van der Waals surface area contributed by atoms with Crippen molar-refractivity contribution in [2.45, 2.75) is 55.9 Å². The molecule has 1 aromatic rings. The van der Waals surface area contributed by atoms with E-state index in [1.807, 2.05) is 13.8 Å². The molecule has 4 rings (SSSR count). The molecule has 1 fully saturated rings. The van der Waals surface area contributed by atoms with Crippen LogP contribution in [-0.4, -0.2) is 80.1 Å². The summed E-state index contributed by atoms with van der Waals surface area (Å²) < 4.78 is 7.19. The number of ether oxygens (including phenoxy) is 1. The van der Waals surface area contributed by atoms with Gasteiger partial charge in [-0.15, -0.1) is 0 Å². The van der Waals surface area contributed by atoms with Gasteiger partial charge < -0.3 is 20.1 Å². The van der Waals surface area contributed by atoms with Crippen LogP contribution in [-0.2, 0) is 4.74 Å². The number of aliphatic hydroxyl groups is 3. The Morgan fingerprint density at radius 1 is 1.30 bits per heavy atom. The van der Waals surface area contributed by atoms with Gasteiger partial charge in [0.2, 0.25) is 0 Å². The van der Waals surface area contributed by atoms with Crippen LogP contribution in [0.25, 0.3) is 0 Å². The van der Waals surface area contributed by atoms with E-state index in [9.17, 15) is 20.1 Å². The number of esters is 1. The van der Waals surface area contributed by atoms with E-state index in [-0.39, 0.29) is 24.1 Å². The Balaban J connectivity index is 1.78. The first-order chi connectivity index (χ1) is 14.2. The summed E-state index contributed by atoms with van der Waals surface area (Å²) >= 11 is 0. The van der Waals surface area contributed by atoms with Crippen LogP contribution in [0.2, 0.25) is 0 Å². The molecule has 1 spiro atoms. The van der Waals surface area contributed by atoms with Gasteiger partial charge in [0.05, 0.1) is 12.2 Å². The Bertz CT molecular complexity index is 930. The highest BCUT2D eigenvalue weighted by Gasteiger charge is 2.81. The molecule has 3 heterocycles. The van der Waals surface area contributed by atoms with Crippen molar-refractivity contribution in [3.8, 4) is 0 Å². The Kier molecular flexibility index (Phi) is 4.64. The summed E-state index contributed by atoms with van der Waals surface area (Å²) in [7, 11) is 0. The predicted octanol–water partition coefficient (Wildman–Crippen LogP) is -4.65. The predicted molar refractivity (Wildman–Crippen MR) is 105 cm³/mol. The van der Waals surface area contributed by atoms with Crippen LogP contribution in [0.1, 0.15) is 29.3 Å². The second kappa shape index (κ2) is 6.83. The molecular weight excluding hydrogens is 392 g/mol. The number of carbonyl (C=O) groups is 1. The lowest BCUT2D eigenvalue weighted by molar-refractivity contribution is -0.692. The van der Waals surface area contributed by atoms with E-state index in [1.165, 1.54) is 0 Å². The van der Waals surface area contributed by atoms with Crippen LogP contribution in [0.5, 0.6) is 0 Å². The van der Waals surface area contributed by atoms with Gasteiger partial charge in [-0.3, -0.25) is 21.8 Å². The van der Waals surface area contributed by atoms with E-state index in [0.29, 0.717) is 6.42 Å². The molecule has 0 aliphatic carbocycles. The molecular formula is C19H28N6O5+2. The number of hydrogen-bond acceptors (Lipinski definition) is 9. The summed E-state index contributed by atoms with van der Waals surface area (Å²) in [4.78, 5) is 15.7. The molecule has 1 saturated heterocycles. The van der Waals surface area contributed by atoms with Crippen LogP contribution in [0.3, 0.4) is 0 Å². The van der Waals surface area contributed by atoms with Gasteiger partial charge in [0.25, 0.3) is 5.79 Å². The molecule has 0 aromatic heterocycles. The zero-order chi connectivity index (χ0) is 21.8. The third-order valence-electron chi connectivity index (χ3n) is 6.24. The van der Waals surface area contributed by atoms with Crippen LogP contribution < -0.4 is 27.1 Å². The highest BCUT2D eigenvalue weighted by Crippen LogP contribution is 2.43. The first-order valence-electron chi connectivity index (χ1n) is 9.86. The van der Waals surface area contributed by atoms with Gasteiger partial charge >= 0.3 is 23.6 Å². The van der Waals surface area contributed by atoms with Crippen LogP contribution >= 0.6 is 0 Å². The lowest BCUT2D eigenvalue weighted by atomic mass is 9.86. The Morgan fingerprint density at radius 2 is 1.97 bits per heavy atom. The number of nitrogens with two attached hydrogens (primary N) is 2. The maximum atomic E-state index is 12.8. The Morgan fingerprint density at radius 3 is 2.57 bits per heavy atom. The summed E-state index contributed by atoms with van der Waals surface area (Å²) in [6, 6.07) is 4.65. The third kappa shape index (κ3) is 2.59. The topological polar surface area (TPSA) is 180 Å². The molecule has 3 aliphatic rings. The zero-order valence-electron chi connectivity index (χ0n) is 16.8. The lowest BCUT2D eigenvalue weighted by Gasteiger charge is -2.40. The first kappa shape index (κ1) is 20.4. The number of hydrogen-bond donors (Lipinski definition) is 8. The molecule has 0 unspecified atom stereocenters. The molecule has 162 valence electrons. The van der Waals surface area contributed by atoms with Crippen molar-refractivity contribution < 1.29 is 34.4 Å².